The molecule has 0 unspecified atom stereocenters. The van der Waals surface area contributed by atoms with Crippen molar-refractivity contribution in [3.8, 4) is 0 Å². The van der Waals surface area contributed by atoms with Crippen LogP contribution in [-0.2, 0) is 0 Å². The van der Waals surface area contributed by atoms with Crippen LogP contribution >= 0.6 is 0 Å². The van der Waals surface area contributed by atoms with Gasteiger partial charge in [0.1, 0.15) is 5.82 Å². The molecule has 4 heteroatoms. The summed E-state index contributed by atoms with van der Waals surface area (Å²) in [5, 5.41) is 6.18. The number of nitrogens with one attached hydrogen (secondary N) is 2. The van der Waals surface area contributed by atoms with Gasteiger partial charge in [-0.3, -0.25) is 4.79 Å². The van der Waals surface area contributed by atoms with Gasteiger partial charge < -0.3 is 10.6 Å². The van der Waals surface area contributed by atoms with Crippen LogP contribution in [0.4, 0.5) is 5.82 Å². The number of amides is 1. The summed E-state index contributed by atoms with van der Waals surface area (Å²) in [6, 6.07) is 3.62. The van der Waals surface area contributed by atoms with E-state index in [1.807, 2.05) is 13.0 Å². The summed E-state index contributed by atoms with van der Waals surface area (Å²) in [5.41, 5.74) is 0.905. The van der Waals surface area contributed by atoms with Gasteiger partial charge in [0.25, 0.3) is 5.91 Å². The highest BCUT2D eigenvalue weighted by Gasteiger charge is 2.29. The molecule has 0 spiro atoms. The molecule has 0 saturated heterocycles. The van der Waals surface area contributed by atoms with E-state index in [0.717, 1.165) is 13.1 Å². The van der Waals surface area contributed by atoms with Crippen LogP contribution in [0.1, 0.15) is 49.9 Å². The average molecular weight is 261 g/mol. The van der Waals surface area contributed by atoms with Crippen molar-refractivity contribution >= 4 is 11.7 Å². The summed E-state index contributed by atoms with van der Waals surface area (Å²) in [6.45, 7) is 5.77. The van der Waals surface area contributed by atoms with E-state index in [9.17, 15) is 4.79 Å². The summed E-state index contributed by atoms with van der Waals surface area (Å²) in [5.74, 6) is 0.635. The average Bonchev–Trinajstić information content (AvgIpc) is 2.85. The predicted octanol–water partition coefficient (Wildman–Crippen LogP) is 2.82. The lowest BCUT2D eigenvalue weighted by atomic mass is 9.89. The number of nitrogens with zero attached hydrogens (tertiary/aromatic N) is 1. The Kier molecular flexibility index (Phi) is 4.40. The van der Waals surface area contributed by atoms with Crippen molar-refractivity contribution in [2.75, 3.05) is 18.4 Å². The van der Waals surface area contributed by atoms with Crippen LogP contribution in [-0.4, -0.2) is 24.0 Å². The van der Waals surface area contributed by atoms with Gasteiger partial charge in [0.05, 0.1) is 5.56 Å². The summed E-state index contributed by atoms with van der Waals surface area (Å²) in [6.07, 6.45) is 6.68. The quantitative estimate of drug-likeness (QED) is 0.857. The molecule has 1 aliphatic rings. The fraction of sp³-hybridized carbons (Fsp3) is 0.600. The molecule has 2 rings (SSSR count). The first kappa shape index (κ1) is 13.8. The minimum absolute atomic E-state index is 0.0304. The highest BCUT2D eigenvalue weighted by molar-refractivity contribution is 5.98. The molecule has 4 nitrogen and oxygen atoms in total. The third-order valence-corrected chi connectivity index (χ3v) is 3.88. The van der Waals surface area contributed by atoms with Gasteiger partial charge in [-0.05, 0) is 37.3 Å². The zero-order chi connectivity index (χ0) is 13.7. The second-order valence-electron chi connectivity index (χ2n) is 5.63. The molecule has 104 valence electrons. The van der Waals surface area contributed by atoms with Crippen LogP contribution in [0, 0.1) is 5.41 Å². The van der Waals surface area contributed by atoms with E-state index in [1.165, 1.54) is 25.7 Å². The largest absolute Gasteiger partial charge is 0.370 e. The van der Waals surface area contributed by atoms with Gasteiger partial charge in [-0.25, -0.2) is 4.98 Å². The Labute approximate surface area is 115 Å². The minimum Gasteiger partial charge on any atom is -0.370 e. The maximum atomic E-state index is 12.2. The third kappa shape index (κ3) is 3.46. The number of hydrogen-bond donors (Lipinski definition) is 2. The Morgan fingerprint density at radius 2 is 2.16 bits per heavy atom. The molecule has 1 aromatic rings. The number of anilines is 1. The molecular weight excluding hydrogens is 238 g/mol. The van der Waals surface area contributed by atoms with Crippen LogP contribution in [0.15, 0.2) is 18.3 Å². The van der Waals surface area contributed by atoms with Gasteiger partial charge in [0.15, 0.2) is 0 Å². The Morgan fingerprint density at radius 1 is 1.42 bits per heavy atom. The fourth-order valence-electron chi connectivity index (χ4n) is 2.69. The van der Waals surface area contributed by atoms with Gasteiger partial charge in [-0.2, -0.15) is 0 Å². The van der Waals surface area contributed by atoms with Crippen LogP contribution in [0.5, 0.6) is 0 Å². The first-order valence-electron chi connectivity index (χ1n) is 7.12. The van der Waals surface area contributed by atoms with Crippen molar-refractivity contribution in [1.29, 1.82) is 0 Å². The first-order chi connectivity index (χ1) is 9.14. The maximum absolute atomic E-state index is 12.2. The minimum atomic E-state index is -0.0304. The molecule has 1 heterocycles. The molecule has 1 aliphatic carbocycles. The van der Waals surface area contributed by atoms with Gasteiger partial charge in [0, 0.05) is 19.3 Å². The monoisotopic (exact) mass is 261 g/mol. The van der Waals surface area contributed by atoms with Crippen LogP contribution < -0.4 is 10.6 Å². The van der Waals surface area contributed by atoms with E-state index < -0.39 is 0 Å². The highest BCUT2D eigenvalue weighted by atomic mass is 16.1. The molecule has 1 amide bonds. The Hall–Kier alpha value is -1.58. The molecule has 0 radical (unpaired) electrons. The van der Waals surface area contributed by atoms with E-state index in [1.54, 1.807) is 12.3 Å². The standard InChI is InChI=1S/C15H23N3O/c1-3-16-13-12(7-6-10-17-13)14(19)18-11-15(2)8-4-5-9-15/h6-7,10H,3-5,8-9,11H2,1-2H3,(H,16,17)(H,18,19). The fourth-order valence-corrected chi connectivity index (χ4v) is 2.69. The maximum Gasteiger partial charge on any atom is 0.255 e. The van der Waals surface area contributed by atoms with E-state index in [0.29, 0.717) is 11.4 Å². The molecule has 0 bridgehead atoms. The van der Waals surface area contributed by atoms with Crippen LogP contribution in [0.25, 0.3) is 0 Å². The third-order valence-electron chi connectivity index (χ3n) is 3.88. The van der Waals surface area contributed by atoms with Gasteiger partial charge >= 0.3 is 0 Å². The van der Waals surface area contributed by atoms with Crippen molar-refractivity contribution < 1.29 is 4.79 Å². The molecule has 1 aromatic heterocycles. The molecule has 0 atom stereocenters. The number of carbonyl (C=O) groups is 1. The van der Waals surface area contributed by atoms with Gasteiger partial charge in [0.2, 0.25) is 0 Å². The van der Waals surface area contributed by atoms with E-state index >= 15 is 0 Å². The summed E-state index contributed by atoms with van der Waals surface area (Å²) >= 11 is 0. The first-order valence-corrected chi connectivity index (χ1v) is 7.12. The zero-order valence-corrected chi connectivity index (χ0v) is 11.8. The molecular formula is C15H23N3O. The van der Waals surface area contributed by atoms with Gasteiger partial charge in [-0.1, -0.05) is 19.8 Å². The molecule has 1 fully saturated rings. The molecule has 19 heavy (non-hydrogen) atoms. The Bertz CT molecular complexity index is 439. The van der Waals surface area contributed by atoms with Crippen LogP contribution in [0.2, 0.25) is 0 Å². The van der Waals surface area contributed by atoms with Crippen LogP contribution in [0.3, 0.4) is 0 Å². The number of aromatic nitrogens is 1. The molecule has 2 N–H and O–H groups in total. The summed E-state index contributed by atoms with van der Waals surface area (Å²) in [4.78, 5) is 16.5. The van der Waals surface area contributed by atoms with Crippen molar-refractivity contribution in [2.45, 2.75) is 39.5 Å². The van der Waals surface area contributed by atoms with Crippen molar-refractivity contribution in [1.82, 2.24) is 10.3 Å². The highest BCUT2D eigenvalue weighted by Crippen LogP contribution is 2.36. The summed E-state index contributed by atoms with van der Waals surface area (Å²) in [7, 11) is 0. The van der Waals surface area contributed by atoms with Gasteiger partial charge in [-0.15, -0.1) is 0 Å². The van der Waals surface area contributed by atoms with Crippen molar-refractivity contribution in [2.24, 2.45) is 5.41 Å². The number of pyridine rings is 1. The van der Waals surface area contributed by atoms with E-state index in [2.05, 4.69) is 22.5 Å². The lowest BCUT2D eigenvalue weighted by Gasteiger charge is -2.23. The normalized spacial score (nSPS) is 17.2. The van der Waals surface area contributed by atoms with E-state index in [-0.39, 0.29) is 11.3 Å². The van der Waals surface area contributed by atoms with E-state index in [4.69, 9.17) is 0 Å². The lowest BCUT2D eigenvalue weighted by molar-refractivity contribution is 0.0935. The smallest absolute Gasteiger partial charge is 0.255 e. The molecule has 0 aliphatic heterocycles. The predicted molar refractivity (Wildman–Crippen MR) is 77.3 cm³/mol. The number of rotatable bonds is 5. The molecule has 0 aromatic carbocycles. The number of hydrogen-bond acceptors (Lipinski definition) is 3. The SMILES string of the molecule is CCNc1ncccc1C(=O)NCC1(C)CCCC1. The van der Waals surface area contributed by atoms with Crippen molar-refractivity contribution in [3.63, 3.8) is 0 Å². The van der Waals surface area contributed by atoms with Crippen molar-refractivity contribution in [3.05, 3.63) is 23.9 Å². The second kappa shape index (κ2) is 6.04. The Morgan fingerprint density at radius 3 is 2.84 bits per heavy atom. The zero-order valence-electron chi connectivity index (χ0n) is 11.8. The number of carbonyl (C=O) groups excluding carboxylic acids is 1. The lowest BCUT2D eigenvalue weighted by Crippen LogP contribution is -2.34. The second-order valence-corrected chi connectivity index (χ2v) is 5.63. The Balaban J connectivity index is 1.99. The topological polar surface area (TPSA) is 54.0 Å². The summed E-state index contributed by atoms with van der Waals surface area (Å²) < 4.78 is 0. The molecule has 1 saturated carbocycles.